The van der Waals surface area contributed by atoms with Crippen molar-refractivity contribution in [2.45, 2.75) is 17.7 Å². The van der Waals surface area contributed by atoms with Crippen molar-refractivity contribution in [3.05, 3.63) is 53.5 Å². The summed E-state index contributed by atoms with van der Waals surface area (Å²) in [5, 5.41) is 2.88. The Kier molecular flexibility index (Phi) is 4.10. The van der Waals surface area contributed by atoms with Crippen molar-refractivity contribution in [2.24, 2.45) is 0 Å². The molecule has 0 atom stereocenters. The van der Waals surface area contributed by atoms with Crippen LogP contribution in [-0.4, -0.2) is 24.0 Å². The highest BCUT2D eigenvalue weighted by molar-refractivity contribution is 7.99. The van der Waals surface area contributed by atoms with Gasteiger partial charge in [-0.15, -0.1) is 11.8 Å². The van der Waals surface area contributed by atoms with Gasteiger partial charge in [-0.3, -0.25) is 9.59 Å². The molecule has 1 aromatic carbocycles. The Morgan fingerprint density at radius 1 is 1.29 bits per heavy atom. The van der Waals surface area contributed by atoms with Crippen molar-refractivity contribution in [3.8, 4) is 0 Å². The second-order valence-electron chi connectivity index (χ2n) is 4.79. The molecule has 1 aliphatic heterocycles. The molecule has 0 spiro atoms. The predicted molar refractivity (Wildman–Crippen MR) is 80.9 cm³/mol. The van der Waals surface area contributed by atoms with Crippen LogP contribution in [-0.2, 0) is 6.42 Å². The third-order valence-corrected chi connectivity index (χ3v) is 4.51. The summed E-state index contributed by atoms with van der Waals surface area (Å²) in [5.74, 6) is 1.56. The Hall–Kier alpha value is -2.01. The van der Waals surface area contributed by atoms with Crippen LogP contribution in [0.1, 0.15) is 32.9 Å². The molecule has 1 N–H and O–H groups in total. The number of amides is 1. The monoisotopic (exact) mass is 301 g/mol. The summed E-state index contributed by atoms with van der Waals surface area (Å²) in [7, 11) is 0. The predicted octanol–water partition coefficient (Wildman–Crippen LogP) is 2.93. The number of Topliss-reactive ketones (excluding diaryl/α,β-unsaturated/α-hetero) is 1. The molecule has 1 aliphatic rings. The van der Waals surface area contributed by atoms with Crippen LogP contribution in [0.3, 0.4) is 0 Å². The number of nitrogens with one attached hydrogen (secondary N) is 1. The maximum Gasteiger partial charge on any atom is 0.252 e. The highest BCUT2D eigenvalue weighted by Gasteiger charge is 2.22. The van der Waals surface area contributed by atoms with E-state index in [9.17, 15) is 9.59 Å². The van der Waals surface area contributed by atoms with Crippen LogP contribution in [0.4, 0.5) is 0 Å². The number of fused-ring (bicyclic) bond motifs is 1. The van der Waals surface area contributed by atoms with E-state index in [0.717, 1.165) is 16.4 Å². The quantitative estimate of drug-likeness (QED) is 0.943. The van der Waals surface area contributed by atoms with E-state index >= 15 is 0 Å². The summed E-state index contributed by atoms with van der Waals surface area (Å²) in [6.45, 7) is 0.509. The van der Waals surface area contributed by atoms with Crippen molar-refractivity contribution in [3.63, 3.8) is 0 Å². The number of ketones is 1. The van der Waals surface area contributed by atoms with Gasteiger partial charge in [0.1, 0.15) is 5.76 Å². The number of benzene rings is 1. The van der Waals surface area contributed by atoms with Crippen LogP contribution in [0, 0.1) is 0 Å². The van der Waals surface area contributed by atoms with Crippen molar-refractivity contribution in [1.29, 1.82) is 0 Å². The maximum absolute atomic E-state index is 12.3. The molecule has 0 fully saturated rings. The largest absolute Gasteiger partial charge is 0.469 e. The number of hydrogen-bond acceptors (Lipinski definition) is 4. The van der Waals surface area contributed by atoms with Crippen molar-refractivity contribution in [2.75, 3.05) is 12.3 Å². The molecule has 0 bridgehead atoms. The molecule has 5 heteroatoms. The molecule has 2 aromatic rings. The number of hydrogen-bond donors (Lipinski definition) is 1. The van der Waals surface area contributed by atoms with Gasteiger partial charge in [0, 0.05) is 35.6 Å². The van der Waals surface area contributed by atoms with Crippen LogP contribution in [0.15, 0.2) is 45.9 Å². The Labute approximate surface area is 126 Å². The van der Waals surface area contributed by atoms with Gasteiger partial charge >= 0.3 is 0 Å². The highest BCUT2D eigenvalue weighted by atomic mass is 32.2. The maximum atomic E-state index is 12.3. The second-order valence-corrected chi connectivity index (χ2v) is 5.89. The molecule has 4 nitrogen and oxygen atoms in total. The molecular weight excluding hydrogens is 286 g/mol. The molecule has 108 valence electrons. The third kappa shape index (κ3) is 3.03. The minimum Gasteiger partial charge on any atom is -0.469 e. The van der Waals surface area contributed by atoms with E-state index in [1.807, 2.05) is 12.1 Å². The second kappa shape index (κ2) is 6.18. The molecule has 1 amide bonds. The van der Waals surface area contributed by atoms with Gasteiger partial charge in [-0.25, -0.2) is 0 Å². The summed E-state index contributed by atoms with van der Waals surface area (Å²) >= 11 is 1.58. The molecule has 3 rings (SSSR count). The van der Waals surface area contributed by atoms with Gasteiger partial charge in [-0.05, 0) is 18.2 Å². The Morgan fingerprint density at radius 2 is 2.19 bits per heavy atom. The van der Waals surface area contributed by atoms with Gasteiger partial charge in [-0.1, -0.05) is 12.1 Å². The van der Waals surface area contributed by atoms with Crippen LogP contribution in [0.2, 0.25) is 0 Å². The van der Waals surface area contributed by atoms with E-state index in [0.29, 0.717) is 30.5 Å². The number of rotatable bonds is 4. The smallest absolute Gasteiger partial charge is 0.252 e. The SMILES string of the molecule is O=C1CCSc2c1cccc2C(=O)NCCc1ccco1. The summed E-state index contributed by atoms with van der Waals surface area (Å²) in [5.41, 5.74) is 1.26. The normalized spacial score (nSPS) is 13.8. The van der Waals surface area contributed by atoms with Crippen molar-refractivity contribution in [1.82, 2.24) is 5.32 Å². The van der Waals surface area contributed by atoms with Gasteiger partial charge in [0.05, 0.1) is 11.8 Å². The van der Waals surface area contributed by atoms with Gasteiger partial charge in [0.2, 0.25) is 0 Å². The van der Waals surface area contributed by atoms with Crippen molar-refractivity contribution >= 4 is 23.5 Å². The van der Waals surface area contributed by atoms with Gasteiger partial charge < -0.3 is 9.73 Å². The zero-order valence-electron chi connectivity index (χ0n) is 11.4. The number of carbonyl (C=O) groups is 2. The fourth-order valence-electron chi connectivity index (χ4n) is 2.32. The molecule has 0 saturated carbocycles. The van der Waals surface area contributed by atoms with Crippen molar-refractivity contribution < 1.29 is 14.0 Å². The number of furan rings is 1. The molecule has 21 heavy (non-hydrogen) atoms. The van der Waals surface area contributed by atoms with E-state index in [4.69, 9.17) is 4.42 Å². The lowest BCUT2D eigenvalue weighted by Crippen LogP contribution is -2.27. The molecule has 1 aromatic heterocycles. The van der Waals surface area contributed by atoms with E-state index < -0.39 is 0 Å². The molecule has 0 unspecified atom stereocenters. The summed E-state index contributed by atoms with van der Waals surface area (Å²) in [6.07, 6.45) is 2.81. The zero-order valence-corrected chi connectivity index (χ0v) is 12.2. The fraction of sp³-hybridized carbons (Fsp3) is 0.250. The lowest BCUT2D eigenvalue weighted by molar-refractivity contribution is 0.0950. The van der Waals surface area contributed by atoms with E-state index in [2.05, 4.69) is 5.32 Å². The number of carbonyl (C=O) groups excluding carboxylic acids is 2. The summed E-state index contributed by atoms with van der Waals surface area (Å²) in [6, 6.07) is 9.04. The first-order valence-corrected chi connectivity index (χ1v) is 7.84. The molecule has 0 saturated heterocycles. The number of thioether (sulfide) groups is 1. The minimum atomic E-state index is -0.138. The van der Waals surface area contributed by atoms with Gasteiger partial charge in [0.25, 0.3) is 5.91 Å². The standard InChI is InChI=1S/C16H15NO3S/c18-14-7-10-21-15-12(14)4-1-5-13(15)16(19)17-8-6-11-3-2-9-20-11/h1-5,9H,6-8,10H2,(H,17,19). The lowest BCUT2D eigenvalue weighted by atomic mass is 10.0. The first kappa shape index (κ1) is 13.9. The first-order chi connectivity index (χ1) is 10.3. The average Bonchev–Trinajstić information content (AvgIpc) is 3.00. The Morgan fingerprint density at radius 3 is 3.00 bits per heavy atom. The summed E-state index contributed by atoms with van der Waals surface area (Å²) < 4.78 is 5.23. The summed E-state index contributed by atoms with van der Waals surface area (Å²) in [4.78, 5) is 25.0. The first-order valence-electron chi connectivity index (χ1n) is 6.85. The Balaban J connectivity index is 1.70. The van der Waals surface area contributed by atoms with E-state index in [1.54, 1.807) is 36.2 Å². The van der Waals surface area contributed by atoms with Gasteiger partial charge in [-0.2, -0.15) is 0 Å². The van der Waals surface area contributed by atoms with Crippen LogP contribution >= 0.6 is 11.8 Å². The third-order valence-electron chi connectivity index (χ3n) is 3.37. The fourth-order valence-corrected chi connectivity index (χ4v) is 3.47. The minimum absolute atomic E-state index is 0.119. The molecule has 2 heterocycles. The lowest BCUT2D eigenvalue weighted by Gasteiger charge is -2.17. The van der Waals surface area contributed by atoms with Crippen LogP contribution in [0.5, 0.6) is 0 Å². The van der Waals surface area contributed by atoms with Crippen LogP contribution < -0.4 is 5.32 Å². The van der Waals surface area contributed by atoms with Crippen LogP contribution in [0.25, 0.3) is 0 Å². The van der Waals surface area contributed by atoms with E-state index in [-0.39, 0.29) is 11.7 Å². The zero-order chi connectivity index (χ0) is 14.7. The molecule has 0 radical (unpaired) electrons. The van der Waals surface area contributed by atoms with Gasteiger partial charge in [0.15, 0.2) is 5.78 Å². The average molecular weight is 301 g/mol. The highest BCUT2D eigenvalue weighted by Crippen LogP contribution is 2.32. The molecule has 0 aliphatic carbocycles. The topological polar surface area (TPSA) is 59.3 Å². The Bertz CT molecular complexity index is 664. The molecular formula is C16H15NO3S. The van der Waals surface area contributed by atoms with E-state index in [1.165, 1.54) is 0 Å².